The Hall–Kier alpha value is -2.62. The molecule has 1 fully saturated rings. The van der Waals surface area contributed by atoms with E-state index >= 15 is 0 Å². The number of nitrogens with zero attached hydrogens (tertiary/aromatic N) is 1. The van der Waals surface area contributed by atoms with Crippen molar-refractivity contribution >= 4 is 32.6 Å². The lowest BCUT2D eigenvalue weighted by Crippen LogP contribution is -2.30. The topological polar surface area (TPSA) is 95.9 Å². The molecule has 0 bridgehead atoms. The van der Waals surface area contributed by atoms with E-state index in [4.69, 9.17) is 4.74 Å². The Morgan fingerprint density at radius 1 is 1.30 bits per heavy atom. The highest BCUT2D eigenvalue weighted by molar-refractivity contribution is 7.92. The van der Waals surface area contributed by atoms with Crippen LogP contribution < -0.4 is 13.8 Å². The fraction of sp³-hybridized carbons (Fsp3) is 0.154. The van der Waals surface area contributed by atoms with Crippen molar-refractivity contribution in [2.75, 3.05) is 18.0 Å². The minimum absolute atomic E-state index is 0.0120. The number of hydrogen-bond donors (Lipinski definition) is 2. The molecular formula is C13H10F2N2O5S. The van der Waals surface area contributed by atoms with Crippen LogP contribution >= 0.6 is 0 Å². The Morgan fingerprint density at radius 2 is 2.00 bits per heavy atom. The first-order chi connectivity index (χ1) is 10.8. The average molecular weight is 344 g/mol. The van der Waals surface area contributed by atoms with Crippen molar-refractivity contribution in [1.82, 2.24) is 4.72 Å². The number of ether oxygens (including phenoxy) is 1. The molecule has 7 nitrogen and oxygen atoms in total. The summed E-state index contributed by atoms with van der Waals surface area (Å²) in [5.74, 6) is -4.22. The maximum absolute atomic E-state index is 14.7. The molecule has 0 atom stereocenters. The highest BCUT2D eigenvalue weighted by Crippen LogP contribution is 2.40. The standard InChI is InChI=1S/C13H10F2N2O5S/c1-22-8-3-2-6-4-7(18)13(12(15)10(6)11(8)14)17-5-9(19)16-23(17,20)21/h2-4,18H,5H2,1H3,(H,16,19). The number of hydrogen-bond acceptors (Lipinski definition) is 5. The number of carbonyl (C=O) groups excluding carboxylic acids is 1. The van der Waals surface area contributed by atoms with Gasteiger partial charge < -0.3 is 9.84 Å². The average Bonchev–Trinajstić information content (AvgIpc) is 2.71. The van der Waals surface area contributed by atoms with E-state index in [1.165, 1.54) is 19.2 Å². The number of aromatic hydroxyl groups is 1. The van der Waals surface area contributed by atoms with E-state index in [2.05, 4.69) is 0 Å². The van der Waals surface area contributed by atoms with E-state index in [-0.39, 0.29) is 11.1 Å². The van der Waals surface area contributed by atoms with Crippen LogP contribution in [-0.4, -0.2) is 33.1 Å². The summed E-state index contributed by atoms with van der Waals surface area (Å²) in [6, 6.07) is 3.56. The van der Waals surface area contributed by atoms with Gasteiger partial charge in [-0.1, -0.05) is 6.07 Å². The van der Waals surface area contributed by atoms with Crippen molar-refractivity contribution in [2.24, 2.45) is 0 Å². The fourth-order valence-electron chi connectivity index (χ4n) is 2.40. The molecular weight excluding hydrogens is 334 g/mol. The van der Waals surface area contributed by atoms with Gasteiger partial charge in [-0.05, 0) is 17.5 Å². The Balaban J connectivity index is 2.34. The summed E-state index contributed by atoms with van der Waals surface area (Å²) in [4.78, 5) is 11.3. The molecule has 1 amide bonds. The first-order valence-electron chi connectivity index (χ1n) is 6.27. The van der Waals surface area contributed by atoms with Crippen LogP contribution in [0.25, 0.3) is 10.8 Å². The van der Waals surface area contributed by atoms with Crippen LogP contribution in [0, 0.1) is 11.6 Å². The predicted molar refractivity (Wildman–Crippen MR) is 76.5 cm³/mol. The van der Waals surface area contributed by atoms with Crippen molar-refractivity contribution in [3.05, 3.63) is 29.8 Å². The van der Waals surface area contributed by atoms with Crippen LogP contribution in [0.15, 0.2) is 18.2 Å². The van der Waals surface area contributed by atoms with Crippen LogP contribution in [0.3, 0.4) is 0 Å². The van der Waals surface area contributed by atoms with Crippen molar-refractivity contribution < 1.29 is 31.8 Å². The molecule has 1 heterocycles. The van der Waals surface area contributed by atoms with Crippen molar-refractivity contribution in [2.45, 2.75) is 0 Å². The number of nitrogens with one attached hydrogen (secondary N) is 1. The SMILES string of the molecule is COc1ccc2cc(O)c(N3CC(=O)NS3(=O)=O)c(F)c2c1F. The first kappa shape index (κ1) is 15.3. The molecule has 0 unspecified atom stereocenters. The molecule has 0 radical (unpaired) electrons. The molecule has 0 spiro atoms. The number of phenolic OH excluding ortho intramolecular Hbond substituents is 1. The van der Waals surface area contributed by atoms with Gasteiger partial charge >= 0.3 is 10.2 Å². The van der Waals surface area contributed by atoms with Crippen LogP contribution in [0.5, 0.6) is 11.5 Å². The molecule has 0 saturated carbocycles. The van der Waals surface area contributed by atoms with E-state index in [9.17, 15) is 27.1 Å². The number of fused-ring (bicyclic) bond motifs is 1. The minimum Gasteiger partial charge on any atom is -0.506 e. The van der Waals surface area contributed by atoms with E-state index < -0.39 is 51.1 Å². The molecule has 0 aliphatic carbocycles. The third-order valence-electron chi connectivity index (χ3n) is 3.39. The molecule has 1 saturated heterocycles. The Bertz CT molecular complexity index is 945. The molecule has 1 aliphatic rings. The number of phenols is 1. The summed E-state index contributed by atoms with van der Waals surface area (Å²) >= 11 is 0. The molecule has 2 aromatic carbocycles. The zero-order valence-electron chi connectivity index (χ0n) is 11.6. The Morgan fingerprint density at radius 3 is 2.57 bits per heavy atom. The van der Waals surface area contributed by atoms with Crippen molar-refractivity contribution in [1.29, 1.82) is 0 Å². The quantitative estimate of drug-likeness (QED) is 0.848. The van der Waals surface area contributed by atoms with Crippen molar-refractivity contribution in [3.63, 3.8) is 0 Å². The third kappa shape index (κ3) is 2.22. The zero-order chi connectivity index (χ0) is 16.9. The Kier molecular flexibility index (Phi) is 3.29. The highest BCUT2D eigenvalue weighted by Gasteiger charge is 2.38. The minimum atomic E-state index is -4.35. The maximum atomic E-state index is 14.7. The van der Waals surface area contributed by atoms with Gasteiger partial charge in [-0.25, -0.2) is 17.8 Å². The maximum Gasteiger partial charge on any atom is 0.326 e. The van der Waals surface area contributed by atoms with E-state index in [1.807, 2.05) is 0 Å². The number of benzene rings is 2. The lowest BCUT2D eigenvalue weighted by atomic mass is 10.1. The highest BCUT2D eigenvalue weighted by atomic mass is 32.2. The zero-order valence-corrected chi connectivity index (χ0v) is 12.4. The van der Waals surface area contributed by atoms with Crippen LogP contribution in [-0.2, 0) is 15.0 Å². The fourth-order valence-corrected chi connectivity index (χ4v) is 3.57. The van der Waals surface area contributed by atoms with Crippen LogP contribution in [0.4, 0.5) is 14.5 Å². The molecule has 2 aromatic rings. The van der Waals surface area contributed by atoms with Gasteiger partial charge in [0.15, 0.2) is 17.4 Å². The molecule has 23 heavy (non-hydrogen) atoms. The van der Waals surface area contributed by atoms with E-state index in [1.54, 1.807) is 4.72 Å². The number of carbonyl (C=O) groups is 1. The van der Waals surface area contributed by atoms with Crippen molar-refractivity contribution in [3.8, 4) is 11.5 Å². The predicted octanol–water partition coefficient (Wildman–Crippen LogP) is 1.01. The molecule has 0 aromatic heterocycles. The van der Waals surface area contributed by atoms with Crippen LogP contribution in [0.2, 0.25) is 0 Å². The first-order valence-corrected chi connectivity index (χ1v) is 7.71. The summed E-state index contributed by atoms with van der Waals surface area (Å²) in [7, 11) is -3.16. The molecule has 122 valence electrons. The second-order valence-electron chi connectivity index (χ2n) is 4.78. The van der Waals surface area contributed by atoms with Crippen LogP contribution in [0.1, 0.15) is 0 Å². The summed E-state index contributed by atoms with van der Waals surface area (Å²) in [6.07, 6.45) is 0. The van der Waals surface area contributed by atoms with Gasteiger partial charge in [0, 0.05) is 0 Å². The summed E-state index contributed by atoms with van der Waals surface area (Å²) in [5, 5.41) is 9.41. The number of methoxy groups -OCH3 is 1. The second-order valence-corrected chi connectivity index (χ2v) is 6.37. The molecule has 2 N–H and O–H groups in total. The lowest BCUT2D eigenvalue weighted by molar-refractivity contribution is -0.117. The summed E-state index contributed by atoms with van der Waals surface area (Å²) < 4.78 is 59.4. The molecule has 1 aliphatic heterocycles. The monoisotopic (exact) mass is 344 g/mol. The second kappa shape index (κ2) is 4.95. The van der Waals surface area contributed by atoms with E-state index in [0.717, 1.165) is 6.07 Å². The third-order valence-corrected chi connectivity index (χ3v) is 4.77. The van der Waals surface area contributed by atoms with Gasteiger partial charge in [0.05, 0.1) is 12.5 Å². The number of amides is 1. The van der Waals surface area contributed by atoms with Gasteiger partial charge in [0.1, 0.15) is 18.0 Å². The molecule has 10 heteroatoms. The number of rotatable bonds is 2. The number of anilines is 1. The Labute approximate surface area is 129 Å². The van der Waals surface area contributed by atoms with Gasteiger partial charge in [-0.2, -0.15) is 8.42 Å². The molecule has 3 rings (SSSR count). The lowest BCUT2D eigenvalue weighted by Gasteiger charge is -2.18. The summed E-state index contributed by atoms with van der Waals surface area (Å²) in [5.41, 5.74) is -0.803. The van der Waals surface area contributed by atoms with Gasteiger partial charge in [0.2, 0.25) is 0 Å². The van der Waals surface area contributed by atoms with Gasteiger partial charge in [0.25, 0.3) is 5.91 Å². The smallest absolute Gasteiger partial charge is 0.326 e. The summed E-state index contributed by atoms with van der Waals surface area (Å²) in [6.45, 7) is -0.718. The normalized spacial score (nSPS) is 16.7. The largest absolute Gasteiger partial charge is 0.506 e. The number of halogens is 2. The van der Waals surface area contributed by atoms with E-state index in [0.29, 0.717) is 4.31 Å². The van der Waals surface area contributed by atoms with Gasteiger partial charge in [-0.3, -0.25) is 4.79 Å². The van der Waals surface area contributed by atoms with Gasteiger partial charge in [-0.15, -0.1) is 0 Å².